The molecule has 2 aromatic rings. The second kappa shape index (κ2) is 3.86. The summed E-state index contributed by atoms with van der Waals surface area (Å²) in [6.07, 6.45) is 1.41. The number of carbonyl (C=O) groups is 1. The molecule has 0 radical (unpaired) electrons. The number of esters is 1. The summed E-state index contributed by atoms with van der Waals surface area (Å²) < 4.78 is 9.70. The minimum atomic E-state index is -0.653. The van der Waals surface area contributed by atoms with Crippen LogP contribution >= 0.6 is 0 Å². The van der Waals surface area contributed by atoms with E-state index in [9.17, 15) is 4.79 Å². The van der Waals surface area contributed by atoms with Crippen molar-refractivity contribution in [3.8, 4) is 11.6 Å². The Kier molecular flexibility index (Phi) is 2.40. The van der Waals surface area contributed by atoms with Crippen molar-refractivity contribution in [2.45, 2.75) is 6.92 Å². The van der Waals surface area contributed by atoms with Crippen LogP contribution in [-0.2, 0) is 4.74 Å². The fraction of sp³-hybridized carbons (Fsp3) is 0.286. The van der Waals surface area contributed by atoms with Crippen LogP contribution in [0.5, 0.6) is 0 Å². The number of ether oxygens (including phenoxy) is 1. The van der Waals surface area contributed by atoms with Gasteiger partial charge in [0, 0.05) is 0 Å². The fourth-order valence-electron chi connectivity index (χ4n) is 0.907. The second-order valence-electron chi connectivity index (χ2n) is 2.49. The molecule has 15 heavy (non-hydrogen) atoms. The van der Waals surface area contributed by atoms with E-state index >= 15 is 0 Å². The largest absolute Gasteiger partial charge is 0.459 e. The second-order valence-corrected chi connectivity index (χ2v) is 2.49. The number of carbonyl (C=O) groups excluding carboxylic acids is 1. The molecule has 0 saturated heterocycles. The maximum atomic E-state index is 11.2. The average molecular weight is 209 g/mol. The molecule has 78 valence electrons. The molecule has 0 unspecified atom stereocenters. The molecule has 0 fully saturated rings. The standard InChI is InChI=1S/C7H7N5O3/c1-2-14-7(13)6-11-10-5(15-6)4-3-8-12-9-4/h3H,2H2,1H3,(H,8,9,12). The third-order valence-electron chi connectivity index (χ3n) is 1.51. The van der Waals surface area contributed by atoms with Gasteiger partial charge in [0.05, 0.1) is 12.8 Å². The predicted octanol–water partition coefficient (Wildman–Crippen LogP) is 0.0314. The number of aromatic amines is 1. The van der Waals surface area contributed by atoms with Crippen LogP contribution in [0.15, 0.2) is 10.6 Å². The van der Waals surface area contributed by atoms with Crippen molar-refractivity contribution < 1.29 is 13.9 Å². The maximum Gasteiger partial charge on any atom is 0.396 e. The van der Waals surface area contributed by atoms with Crippen molar-refractivity contribution in [1.82, 2.24) is 25.6 Å². The van der Waals surface area contributed by atoms with E-state index in [2.05, 4.69) is 30.3 Å². The van der Waals surface area contributed by atoms with Crippen LogP contribution in [0.3, 0.4) is 0 Å². The molecule has 2 aromatic heterocycles. The summed E-state index contributed by atoms with van der Waals surface area (Å²) in [6, 6.07) is 0. The van der Waals surface area contributed by atoms with E-state index in [0.29, 0.717) is 5.69 Å². The molecule has 0 saturated carbocycles. The van der Waals surface area contributed by atoms with Crippen LogP contribution in [0.25, 0.3) is 11.6 Å². The van der Waals surface area contributed by atoms with Gasteiger partial charge in [-0.3, -0.25) is 0 Å². The first-order chi connectivity index (χ1) is 7.31. The van der Waals surface area contributed by atoms with Crippen molar-refractivity contribution in [3.63, 3.8) is 0 Å². The van der Waals surface area contributed by atoms with Gasteiger partial charge < -0.3 is 9.15 Å². The first kappa shape index (κ1) is 9.31. The first-order valence-corrected chi connectivity index (χ1v) is 4.18. The fourth-order valence-corrected chi connectivity index (χ4v) is 0.907. The Labute approximate surface area is 83.6 Å². The van der Waals surface area contributed by atoms with Gasteiger partial charge in [-0.1, -0.05) is 0 Å². The average Bonchev–Trinajstić information content (AvgIpc) is 2.89. The zero-order valence-corrected chi connectivity index (χ0v) is 7.80. The van der Waals surface area contributed by atoms with Gasteiger partial charge in [0.25, 0.3) is 5.89 Å². The topological polar surface area (TPSA) is 107 Å². The van der Waals surface area contributed by atoms with Crippen LogP contribution < -0.4 is 0 Å². The van der Waals surface area contributed by atoms with Crippen molar-refractivity contribution >= 4 is 5.97 Å². The van der Waals surface area contributed by atoms with Crippen LogP contribution in [0.1, 0.15) is 17.6 Å². The number of rotatable bonds is 3. The third-order valence-corrected chi connectivity index (χ3v) is 1.51. The van der Waals surface area contributed by atoms with Crippen molar-refractivity contribution in [2.75, 3.05) is 6.61 Å². The molecule has 0 aliphatic rings. The first-order valence-electron chi connectivity index (χ1n) is 4.18. The lowest BCUT2D eigenvalue weighted by Gasteiger charge is -1.93. The minimum Gasteiger partial charge on any atom is -0.459 e. The molecule has 2 heterocycles. The van der Waals surface area contributed by atoms with Gasteiger partial charge in [0.2, 0.25) is 0 Å². The zero-order valence-electron chi connectivity index (χ0n) is 7.80. The zero-order chi connectivity index (χ0) is 10.7. The lowest BCUT2D eigenvalue weighted by atomic mass is 10.5. The highest BCUT2D eigenvalue weighted by atomic mass is 16.5. The molecular weight excluding hydrogens is 202 g/mol. The van der Waals surface area contributed by atoms with E-state index in [1.807, 2.05) is 0 Å². The van der Waals surface area contributed by atoms with E-state index in [-0.39, 0.29) is 18.4 Å². The molecule has 8 heteroatoms. The third kappa shape index (κ3) is 1.82. The molecule has 8 nitrogen and oxygen atoms in total. The highest BCUT2D eigenvalue weighted by molar-refractivity contribution is 5.84. The quantitative estimate of drug-likeness (QED) is 0.710. The summed E-state index contributed by atoms with van der Waals surface area (Å²) in [5, 5.41) is 16.8. The van der Waals surface area contributed by atoms with Gasteiger partial charge in [-0.15, -0.1) is 10.2 Å². The Bertz CT molecular complexity index is 449. The van der Waals surface area contributed by atoms with Gasteiger partial charge in [-0.2, -0.15) is 15.4 Å². The molecule has 2 rings (SSSR count). The highest BCUT2D eigenvalue weighted by Crippen LogP contribution is 2.13. The Morgan fingerprint density at radius 1 is 1.60 bits per heavy atom. The summed E-state index contributed by atoms with van der Waals surface area (Å²) in [6.45, 7) is 1.94. The van der Waals surface area contributed by atoms with Gasteiger partial charge in [0.15, 0.2) is 5.69 Å². The van der Waals surface area contributed by atoms with Crippen molar-refractivity contribution in [1.29, 1.82) is 0 Å². The summed E-state index contributed by atoms with van der Waals surface area (Å²) in [5.74, 6) is -0.735. The molecule has 0 spiro atoms. The van der Waals surface area contributed by atoms with E-state index in [0.717, 1.165) is 0 Å². The monoisotopic (exact) mass is 209 g/mol. The van der Waals surface area contributed by atoms with Crippen LogP contribution in [-0.4, -0.2) is 38.2 Å². The number of nitrogens with zero attached hydrogens (tertiary/aromatic N) is 4. The maximum absolute atomic E-state index is 11.2. The lowest BCUT2D eigenvalue weighted by Crippen LogP contribution is -2.04. The summed E-state index contributed by atoms with van der Waals surface area (Å²) in [4.78, 5) is 11.2. The summed E-state index contributed by atoms with van der Waals surface area (Å²) >= 11 is 0. The normalized spacial score (nSPS) is 10.2. The van der Waals surface area contributed by atoms with E-state index in [1.165, 1.54) is 6.20 Å². The minimum absolute atomic E-state index is 0.117. The predicted molar refractivity (Wildman–Crippen MR) is 45.6 cm³/mol. The molecule has 0 atom stereocenters. The smallest absolute Gasteiger partial charge is 0.396 e. The van der Waals surface area contributed by atoms with Crippen molar-refractivity contribution in [3.05, 3.63) is 12.1 Å². The number of H-pyrrole nitrogens is 1. The Balaban J connectivity index is 2.21. The molecule has 0 aliphatic heterocycles. The summed E-state index contributed by atoms with van der Waals surface area (Å²) in [7, 11) is 0. The molecule has 0 aliphatic carbocycles. The van der Waals surface area contributed by atoms with Gasteiger partial charge in [-0.05, 0) is 6.92 Å². The molecule has 1 N–H and O–H groups in total. The Hall–Kier alpha value is -2.25. The van der Waals surface area contributed by atoms with Crippen LogP contribution in [0.2, 0.25) is 0 Å². The highest BCUT2D eigenvalue weighted by Gasteiger charge is 2.17. The Morgan fingerprint density at radius 3 is 3.13 bits per heavy atom. The van der Waals surface area contributed by atoms with Crippen LogP contribution in [0.4, 0.5) is 0 Å². The number of hydrogen-bond acceptors (Lipinski definition) is 7. The Morgan fingerprint density at radius 2 is 2.47 bits per heavy atom. The number of aromatic nitrogens is 5. The van der Waals surface area contributed by atoms with E-state index < -0.39 is 5.97 Å². The van der Waals surface area contributed by atoms with Crippen LogP contribution in [0, 0.1) is 0 Å². The number of hydrogen-bond donors (Lipinski definition) is 1. The van der Waals surface area contributed by atoms with Gasteiger partial charge in [0.1, 0.15) is 0 Å². The van der Waals surface area contributed by atoms with Gasteiger partial charge >= 0.3 is 11.9 Å². The number of nitrogens with one attached hydrogen (secondary N) is 1. The molecular formula is C7H7N5O3. The molecule has 0 aromatic carbocycles. The van der Waals surface area contributed by atoms with E-state index in [4.69, 9.17) is 4.42 Å². The van der Waals surface area contributed by atoms with E-state index in [1.54, 1.807) is 6.92 Å². The van der Waals surface area contributed by atoms with Gasteiger partial charge in [-0.25, -0.2) is 4.79 Å². The molecule has 0 bridgehead atoms. The summed E-state index contributed by atoms with van der Waals surface area (Å²) in [5.41, 5.74) is 0.373. The van der Waals surface area contributed by atoms with Crippen molar-refractivity contribution in [2.24, 2.45) is 0 Å². The lowest BCUT2D eigenvalue weighted by molar-refractivity contribution is 0.0481. The molecule has 0 amide bonds. The SMILES string of the molecule is CCOC(=O)c1nnc(-c2cn[nH]n2)o1.